The van der Waals surface area contributed by atoms with Crippen molar-refractivity contribution in [3.63, 3.8) is 0 Å². The maximum absolute atomic E-state index is 12.7. The molecule has 150 valence electrons. The highest BCUT2D eigenvalue weighted by Crippen LogP contribution is 2.21. The van der Waals surface area contributed by atoms with Crippen LogP contribution in [0.4, 0.5) is 0 Å². The van der Waals surface area contributed by atoms with Gasteiger partial charge in [-0.1, -0.05) is 48.9 Å². The van der Waals surface area contributed by atoms with Crippen molar-refractivity contribution in [3.05, 3.63) is 59.7 Å². The standard InChI is InChI=1S/C23H25N3O2S/c27-21(25-15-13-17-8-3-4-9-18(17)16-25)12-2-1-7-14-26-22(28)19-10-5-6-11-20(19)24-23(26)29/h3-6,8-11,19H,1-2,7,12-16H2. The number of fused-ring (bicyclic) bond motifs is 2. The van der Waals surface area contributed by atoms with Crippen LogP contribution in [0.2, 0.25) is 0 Å². The van der Waals surface area contributed by atoms with E-state index in [1.54, 1.807) is 4.90 Å². The number of thiocarbonyl (C=S) groups is 1. The number of nitrogens with zero attached hydrogens (tertiary/aromatic N) is 3. The fourth-order valence-corrected chi connectivity index (χ4v) is 4.36. The van der Waals surface area contributed by atoms with E-state index in [1.807, 2.05) is 35.3 Å². The Balaban J connectivity index is 1.20. The third-order valence-corrected chi connectivity index (χ3v) is 6.06. The first-order chi connectivity index (χ1) is 14.1. The summed E-state index contributed by atoms with van der Waals surface area (Å²) in [6, 6.07) is 8.35. The number of carbonyl (C=O) groups excluding carboxylic acids is 2. The highest BCUT2D eigenvalue weighted by Gasteiger charge is 2.33. The molecule has 5 nitrogen and oxygen atoms in total. The molecule has 4 rings (SSSR count). The maximum atomic E-state index is 12.7. The number of carbonyl (C=O) groups is 2. The highest BCUT2D eigenvalue weighted by molar-refractivity contribution is 7.80. The third-order valence-electron chi connectivity index (χ3n) is 5.74. The summed E-state index contributed by atoms with van der Waals surface area (Å²) in [5.74, 6) is -0.0867. The monoisotopic (exact) mass is 407 g/mol. The van der Waals surface area contributed by atoms with Crippen LogP contribution in [-0.4, -0.2) is 45.5 Å². The highest BCUT2D eigenvalue weighted by atomic mass is 32.1. The predicted molar refractivity (Wildman–Crippen MR) is 118 cm³/mol. The van der Waals surface area contributed by atoms with E-state index < -0.39 is 0 Å². The van der Waals surface area contributed by atoms with Crippen molar-refractivity contribution in [2.45, 2.75) is 38.6 Å². The normalized spacial score (nSPS) is 20.4. The zero-order valence-corrected chi connectivity index (χ0v) is 17.2. The van der Waals surface area contributed by atoms with Crippen molar-refractivity contribution >= 4 is 34.9 Å². The van der Waals surface area contributed by atoms with Crippen LogP contribution in [0.3, 0.4) is 0 Å². The van der Waals surface area contributed by atoms with Gasteiger partial charge in [0.1, 0.15) is 0 Å². The van der Waals surface area contributed by atoms with Gasteiger partial charge in [0.05, 0.1) is 11.6 Å². The van der Waals surface area contributed by atoms with Crippen LogP contribution in [0.15, 0.2) is 53.6 Å². The average molecular weight is 408 g/mol. The number of allylic oxidation sites excluding steroid dienone is 3. The van der Waals surface area contributed by atoms with E-state index >= 15 is 0 Å². The first kappa shape index (κ1) is 19.7. The van der Waals surface area contributed by atoms with Gasteiger partial charge in [-0.3, -0.25) is 14.5 Å². The van der Waals surface area contributed by atoms with Crippen molar-refractivity contribution in [2.24, 2.45) is 10.9 Å². The number of amides is 2. The van der Waals surface area contributed by atoms with Gasteiger partial charge in [0.25, 0.3) is 0 Å². The fraction of sp³-hybridized carbons (Fsp3) is 0.391. The van der Waals surface area contributed by atoms with E-state index in [-0.39, 0.29) is 17.7 Å². The Bertz CT molecular complexity index is 918. The van der Waals surface area contributed by atoms with Crippen LogP contribution in [0.5, 0.6) is 0 Å². The molecule has 2 aliphatic heterocycles. The number of aliphatic imine (C=N–C) groups is 1. The molecule has 1 atom stereocenters. The number of hydrogen-bond donors (Lipinski definition) is 0. The second-order valence-electron chi connectivity index (χ2n) is 7.68. The Morgan fingerprint density at radius 2 is 1.97 bits per heavy atom. The van der Waals surface area contributed by atoms with Crippen molar-refractivity contribution < 1.29 is 9.59 Å². The van der Waals surface area contributed by atoms with Crippen LogP contribution in [0.25, 0.3) is 0 Å². The van der Waals surface area contributed by atoms with Crippen molar-refractivity contribution in [1.82, 2.24) is 9.80 Å². The molecule has 0 radical (unpaired) electrons. The summed E-state index contributed by atoms with van der Waals surface area (Å²) in [4.78, 5) is 33.2. The fourth-order valence-electron chi connectivity index (χ4n) is 4.08. The van der Waals surface area contributed by atoms with Crippen molar-refractivity contribution in [3.8, 4) is 0 Å². The summed E-state index contributed by atoms with van der Waals surface area (Å²) in [5.41, 5.74) is 3.34. The first-order valence-electron chi connectivity index (χ1n) is 10.3. The summed E-state index contributed by atoms with van der Waals surface area (Å²) < 4.78 is 0. The van der Waals surface area contributed by atoms with Gasteiger partial charge in [-0.25, -0.2) is 4.99 Å². The molecule has 0 N–H and O–H groups in total. The number of rotatable bonds is 6. The molecule has 1 aromatic carbocycles. The molecule has 29 heavy (non-hydrogen) atoms. The minimum absolute atomic E-state index is 0.00339. The van der Waals surface area contributed by atoms with Crippen molar-refractivity contribution in [2.75, 3.05) is 13.1 Å². The second-order valence-corrected chi connectivity index (χ2v) is 8.04. The quantitative estimate of drug-likeness (QED) is 0.536. The Kier molecular flexibility index (Phi) is 6.00. The SMILES string of the molecule is O=C(CCCCCN1C(=O)C2C=CC=CC2=NC1=S)N1CCc2ccccc2C1. The van der Waals surface area contributed by atoms with E-state index in [2.05, 4.69) is 23.2 Å². The molecular weight excluding hydrogens is 382 g/mol. The molecule has 0 aromatic heterocycles. The summed E-state index contributed by atoms with van der Waals surface area (Å²) >= 11 is 5.31. The van der Waals surface area contributed by atoms with E-state index in [1.165, 1.54) is 11.1 Å². The molecule has 3 aliphatic rings. The van der Waals surface area contributed by atoms with E-state index in [4.69, 9.17) is 12.2 Å². The van der Waals surface area contributed by atoms with E-state index in [9.17, 15) is 9.59 Å². The van der Waals surface area contributed by atoms with Gasteiger partial charge >= 0.3 is 0 Å². The van der Waals surface area contributed by atoms with Crippen molar-refractivity contribution in [1.29, 1.82) is 0 Å². The zero-order valence-electron chi connectivity index (χ0n) is 16.4. The van der Waals surface area contributed by atoms with Crippen LogP contribution < -0.4 is 0 Å². The predicted octanol–water partition coefficient (Wildman–Crippen LogP) is 3.44. The zero-order chi connectivity index (χ0) is 20.2. The van der Waals surface area contributed by atoms with Gasteiger partial charge in [-0.15, -0.1) is 0 Å². The van der Waals surface area contributed by atoms with Gasteiger partial charge in [-0.2, -0.15) is 0 Å². The van der Waals surface area contributed by atoms with Crippen LogP contribution in [-0.2, 0) is 22.6 Å². The Morgan fingerprint density at radius 3 is 2.83 bits per heavy atom. The molecule has 2 amide bonds. The minimum atomic E-state index is -0.310. The third kappa shape index (κ3) is 4.37. The summed E-state index contributed by atoms with van der Waals surface area (Å²) in [6.45, 7) is 2.08. The topological polar surface area (TPSA) is 53.0 Å². The van der Waals surface area contributed by atoms with Gasteiger partial charge in [0.2, 0.25) is 16.9 Å². The lowest BCUT2D eigenvalue weighted by atomic mass is 9.95. The Morgan fingerprint density at radius 1 is 1.14 bits per heavy atom. The molecular formula is C23H25N3O2S. The summed E-state index contributed by atoms with van der Waals surface area (Å²) in [5, 5.41) is 0.351. The van der Waals surface area contributed by atoms with Crippen LogP contribution in [0.1, 0.15) is 36.8 Å². The first-order valence-corrected chi connectivity index (χ1v) is 10.7. The molecule has 6 heteroatoms. The Hall–Kier alpha value is -2.60. The average Bonchev–Trinajstić information content (AvgIpc) is 2.75. The minimum Gasteiger partial charge on any atom is -0.338 e. The Labute approximate surface area is 176 Å². The molecule has 1 aliphatic carbocycles. The number of unbranched alkanes of at least 4 members (excludes halogenated alkanes) is 2. The molecule has 0 saturated heterocycles. The van der Waals surface area contributed by atoms with Gasteiger partial charge < -0.3 is 4.90 Å². The van der Waals surface area contributed by atoms with E-state index in [0.29, 0.717) is 18.1 Å². The molecule has 0 spiro atoms. The molecule has 0 bridgehead atoms. The second kappa shape index (κ2) is 8.82. The molecule has 1 unspecified atom stereocenters. The number of hydrogen-bond acceptors (Lipinski definition) is 3. The number of benzene rings is 1. The molecule has 0 fully saturated rings. The van der Waals surface area contributed by atoms with E-state index in [0.717, 1.165) is 44.5 Å². The smallest absolute Gasteiger partial charge is 0.241 e. The summed E-state index contributed by atoms with van der Waals surface area (Å²) in [6.07, 6.45) is 11.5. The maximum Gasteiger partial charge on any atom is 0.241 e. The lowest BCUT2D eigenvalue weighted by Gasteiger charge is -2.30. The lowest BCUT2D eigenvalue weighted by molar-refractivity contribution is -0.132. The molecule has 1 aromatic rings. The van der Waals surface area contributed by atoms with Gasteiger partial charge in [0.15, 0.2) is 0 Å². The summed E-state index contributed by atoms with van der Waals surface area (Å²) in [7, 11) is 0. The molecule has 0 saturated carbocycles. The lowest BCUT2D eigenvalue weighted by Crippen LogP contribution is -2.46. The molecule has 2 heterocycles. The van der Waals surface area contributed by atoms with Crippen LogP contribution in [0, 0.1) is 5.92 Å². The largest absolute Gasteiger partial charge is 0.338 e. The van der Waals surface area contributed by atoms with Gasteiger partial charge in [-0.05, 0) is 48.7 Å². The van der Waals surface area contributed by atoms with Gasteiger partial charge in [0, 0.05) is 26.1 Å². The van der Waals surface area contributed by atoms with Crippen LogP contribution >= 0.6 is 12.2 Å².